The van der Waals surface area contributed by atoms with Gasteiger partial charge in [-0.15, -0.1) is 11.3 Å². The van der Waals surface area contributed by atoms with E-state index in [1.54, 1.807) is 18.4 Å². The van der Waals surface area contributed by atoms with Crippen molar-refractivity contribution < 1.29 is 0 Å². The Labute approximate surface area is 208 Å². The zero-order valence-corrected chi connectivity index (χ0v) is 20.4. The number of benzene rings is 2. The quantitative estimate of drug-likeness (QED) is 0.369. The Morgan fingerprint density at radius 1 is 0.735 bits per heavy atom. The molecule has 0 atom stereocenters. The lowest BCUT2D eigenvalue weighted by molar-refractivity contribution is 1.03. The summed E-state index contributed by atoms with van der Waals surface area (Å²) in [6.45, 7) is 3.17. The van der Waals surface area contributed by atoms with Gasteiger partial charge < -0.3 is 0 Å². The summed E-state index contributed by atoms with van der Waals surface area (Å²) in [6, 6.07) is 17.4. The van der Waals surface area contributed by atoms with Crippen molar-refractivity contribution in [2.75, 3.05) is 13.3 Å². The van der Waals surface area contributed by atoms with Gasteiger partial charge in [-0.25, -0.2) is 0 Å². The first-order valence-corrected chi connectivity index (χ1v) is 13.0. The van der Waals surface area contributed by atoms with E-state index in [1.807, 2.05) is 18.5 Å². The Bertz CT molecular complexity index is 1660. The number of hydrogen-bond donors (Lipinski definition) is 0. The maximum Gasteiger partial charge on any atom is 0.130 e. The van der Waals surface area contributed by atoms with Crippen LogP contribution in [0.1, 0.15) is 22.9 Å². The molecule has 0 bridgehead atoms. The van der Waals surface area contributed by atoms with E-state index in [0.717, 1.165) is 44.6 Å². The number of aryl methyl sites for hydroxylation is 1. The van der Waals surface area contributed by atoms with Crippen LogP contribution in [-0.4, -0.2) is 35.3 Å². The van der Waals surface area contributed by atoms with Crippen LogP contribution in [0.4, 0.5) is 0 Å². The van der Waals surface area contributed by atoms with Crippen molar-refractivity contribution in [3.05, 3.63) is 86.0 Å². The number of fused-ring (bicyclic) bond motifs is 2. The molecule has 4 nitrogen and oxygen atoms in total. The molecule has 160 valence electrons. The summed E-state index contributed by atoms with van der Waals surface area (Å²) in [6.07, 6.45) is 1.82. The van der Waals surface area contributed by atoms with Crippen LogP contribution in [0.3, 0.4) is 0 Å². The smallest absolute Gasteiger partial charge is 0.130 e. The molecule has 9 heteroatoms. The monoisotopic (exact) mass is 472 g/mol. The molecule has 0 N–H and O–H groups in total. The minimum absolute atomic E-state index is 0.481. The second-order valence-corrected chi connectivity index (χ2v) is 10.5. The molecule has 0 aliphatic carbocycles. The second-order valence-electron chi connectivity index (χ2n) is 8.21. The maximum absolute atomic E-state index is 5.56. The summed E-state index contributed by atoms with van der Waals surface area (Å²) in [5, 5.41) is 4.03. The van der Waals surface area contributed by atoms with E-state index in [9.17, 15) is 0 Å². The van der Waals surface area contributed by atoms with Gasteiger partial charge in [-0.05, 0) is 40.5 Å². The van der Waals surface area contributed by atoms with Crippen molar-refractivity contribution in [3.63, 3.8) is 0 Å². The summed E-state index contributed by atoms with van der Waals surface area (Å²) in [4.78, 5) is 22.8. The third kappa shape index (κ3) is 3.81. The lowest BCUT2D eigenvalue weighted by atomic mass is 9.28. The summed E-state index contributed by atoms with van der Waals surface area (Å²) in [5.41, 5.74) is 4.69. The molecule has 4 aromatic rings. The molecule has 2 aromatic carbocycles. The third-order valence-electron chi connectivity index (χ3n) is 6.19. The van der Waals surface area contributed by atoms with Crippen LogP contribution in [0.2, 0.25) is 0 Å². The van der Waals surface area contributed by atoms with E-state index >= 15 is 0 Å². The number of rotatable bonds is 7. The Kier molecular flexibility index (Phi) is 5.83. The van der Waals surface area contributed by atoms with E-state index in [1.165, 1.54) is 31.3 Å². The number of thiophene rings is 2. The fraction of sp³-hybridized carbons (Fsp3) is 0.200. The van der Waals surface area contributed by atoms with Gasteiger partial charge in [0.2, 0.25) is 0 Å². The van der Waals surface area contributed by atoms with Crippen molar-refractivity contribution in [1.29, 1.82) is 0 Å². The van der Waals surface area contributed by atoms with Crippen molar-refractivity contribution in [2.45, 2.75) is 19.8 Å². The molecule has 2 aromatic heterocycles. The molecule has 4 radical (unpaired) electrons. The molecular weight excluding hydrogens is 453 g/mol. The maximum atomic E-state index is 5.56. The second kappa shape index (κ2) is 9.12. The molecule has 0 fully saturated rings. The largest absolute Gasteiger partial charge is 0.259 e. The highest BCUT2D eigenvalue weighted by Crippen LogP contribution is 2.26. The van der Waals surface area contributed by atoms with Gasteiger partial charge in [0.1, 0.15) is 20.5 Å². The first-order valence-electron chi connectivity index (χ1n) is 11.3. The standard InChI is InChI=1S/C25H19B3N4S2/c1-2-16-5-8-19(33-16)17-6-3-14(22-24(17)31-12-29-22)11-15-4-7-18(25-23(15)30-13-32-25)20-9-10-21(34-20)27-28-26/h3-10H,2,11-13H2,1H3. The van der Waals surface area contributed by atoms with Gasteiger partial charge in [-0.2, -0.15) is 11.3 Å². The highest BCUT2D eigenvalue weighted by atomic mass is 32.1. The van der Waals surface area contributed by atoms with E-state index in [2.05, 4.69) is 55.5 Å². The van der Waals surface area contributed by atoms with Gasteiger partial charge in [0.25, 0.3) is 0 Å². The van der Waals surface area contributed by atoms with Crippen LogP contribution in [0.25, 0.3) is 20.9 Å². The normalized spacial score (nSPS) is 13.3. The van der Waals surface area contributed by atoms with Crippen LogP contribution < -0.4 is 26.2 Å². The summed E-state index contributed by atoms with van der Waals surface area (Å²) in [5.74, 6) is 0. The fourth-order valence-corrected chi connectivity index (χ4v) is 6.47. The van der Waals surface area contributed by atoms with Gasteiger partial charge >= 0.3 is 0 Å². The van der Waals surface area contributed by atoms with Gasteiger partial charge in [0, 0.05) is 47.0 Å². The molecule has 0 saturated heterocycles. The molecule has 4 heterocycles. The van der Waals surface area contributed by atoms with E-state index in [4.69, 9.17) is 27.7 Å². The number of nitrogens with zero attached hydrogens (tertiary/aromatic N) is 4. The Hall–Kier alpha value is -2.77. The fourth-order valence-electron chi connectivity index (χ4n) is 4.55. The van der Waals surface area contributed by atoms with Gasteiger partial charge in [0.15, 0.2) is 0 Å². The predicted octanol–water partition coefficient (Wildman–Crippen LogP) is 1.75. The molecule has 0 amide bonds. The molecular formula is C25H19B3N4S2. The lowest BCUT2D eigenvalue weighted by Crippen LogP contribution is -2.32. The predicted molar refractivity (Wildman–Crippen MR) is 143 cm³/mol. The van der Waals surface area contributed by atoms with E-state index in [-0.39, 0.29) is 0 Å². The molecule has 2 aliphatic rings. The summed E-state index contributed by atoms with van der Waals surface area (Å²) < 4.78 is 1.13. The summed E-state index contributed by atoms with van der Waals surface area (Å²) in [7, 11) is 9.05. The van der Waals surface area contributed by atoms with Gasteiger partial charge in [-0.3, -0.25) is 20.0 Å². The molecule has 0 unspecified atom stereocenters. The Morgan fingerprint density at radius 3 is 1.91 bits per heavy atom. The van der Waals surface area contributed by atoms with Gasteiger partial charge in [0.05, 0.1) is 21.4 Å². The first kappa shape index (κ1) is 21.7. The molecule has 2 aliphatic heterocycles. The van der Waals surface area contributed by atoms with Crippen molar-refractivity contribution in [2.24, 2.45) is 20.0 Å². The zero-order chi connectivity index (χ0) is 23.1. The Morgan fingerprint density at radius 2 is 1.32 bits per heavy atom. The molecule has 6 rings (SSSR count). The summed E-state index contributed by atoms with van der Waals surface area (Å²) >= 11 is 3.55. The average molecular weight is 472 g/mol. The third-order valence-corrected chi connectivity index (χ3v) is 8.54. The van der Waals surface area contributed by atoms with Crippen molar-refractivity contribution in [3.8, 4) is 20.9 Å². The van der Waals surface area contributed by atoms with Crippen molar-refractivity contribution >= 4 is 49.4 Å². The van der Waals surface area contributed by atoms with Crippen LogP contribution >= 0.6 is 22.7 Å². The van der Waals surface area contributed by atoms with Crippen LogP contribution in [0.15, 0.2) is 68.5 Å². The first-order chi connectivity index (χ1) is 16.7. The van der Waals surface area contributed by atoms with E-state index < -0.39 is 0 Å². The molecule has 0 spiro atoms. The topological polar surface area (TPSA) is 49.4 Å². The highest BCUT2D eigenvalue weighted by molar-refractivity contribution is 7.37. The minimum Gasteiger partial charge on any atom is -0.259 e. The zero-order valence-electron chi connectivity index (χ0n) is 18.8. The van der Waals surface area contributed by atoms with Crippen molar-refractivity contribution in [1.82, 2.24) is 0 Å². The highest BCUT2D eigenvalue weighted by Gasteiger charge is 2.16. The minimum atomic E-state index is 0.481. The number of hydrogen-bond acceptors (Lipinski definition) is 6. The SMILES string of the molecule is [B][B][B]c1ccc(-c2ccc(Cc3ccc(-c4ccc(CC)s4)c4c3=NCN=4)c3c2=NCN=3)s1. The van der Waals surface area contributed by atoms with E-state index in [0.29, 0.717) is 13.3 Å². The molecule has 0 saturated carbocycles. The van der Waals surface area contributed by atoms with Crippen LogP contribution in [0.5, 0.6) is 0 Å². The van der Waals surface area contributed by atoms with Crippen LogP contribution in [0, 0.1) is 0 Å². The van der Waals surface area contributed by atoms with Gasteiger partial charge in [-0.1, -0.05) is 37.3 Å². The average Bonchev–Trinajstić information content (AvgIpc) is 3.66. The van der Waals surface area contributed by atoms with Crippen LogP contribution in [-0.2, 0) is 12.8 Å². The Balaban J connectivity index is 1.38. The lowest BCUT2D eigenvalue weighted by Gasteiger charge is -2.07. The molecule has 34 heavy (non-hydrogen) atoms.